The molecule has 0 aliphatic carbocycles. The van der Waals surface area contributed by atoms with E-state index in [-0.39, 0.29) is 0 Å². The number of hydrogen-bond donors (Lipinski definition) is 0. The molecule has 28 heavy (non-hydrogen) atoms. The van der Waals surface area contributed by atoms with Gasteiger partial charge in [0.25, 0.3) is 16.6 Å². The lowest BCUT2D eigenvalue weighted by molar-refractivity contribution is 0.590. The van der Waals surface area contributed by atoms with Crippen LogP contribution in [0, 0.1) is 27.0 Å². The molecule has 4 heteroatoms. The van der Waals surface area contributed by atoms with E-state index in [1.165, 1.54) is 0 Å². The second-order valence-corrected chi connectivity index (χ2v) is 14.6. The van der Waals surface area contributed by atoms with Crippen LogP contribution in [0.4, 0.5) is 0 Å². The largest absolute Gasteiger partial charge is 0.431 e. The van der Waals surface area contributed by atoms with E-state index in [9.17, 15) is 0 Å². The third-order valence-corrected chi connectivity index (χ3v) is 12.9. The smallest absolute Gasteiger partial charge is 0.292 e. The fraction of sp³-hybridized carbons (Fsp3) is 0.0833. The molecule has 0 saturated carbocycles. The first-order valence-corrected chi connectivity index (χ1v) is 14.9. The molecule has 0 N–H and O–H groups in total. The quantitative estimate of drug-likeness (QED) is 0.290. The van der Waals surface area contributed by atoms with E-state index < -0.39 is 16.6 Å². The molecule has 0 radical (unpaired) electrons. The average Bonchev–Trinajstić information content (AvgIpc) is 2.74. The molecule has 3 aromatic carbocycles. The maximum Gasteiger partial charge on any atom is 0.292 e. The van der Waals surface area contributed by atoms with Crippen molar-refractivity contribution in [2.75, 3.05) is 0 Å². The molecule has 1 nitrogen and oxygen atoms in total. The van der Waals surface area contributed by atoms with E-state index in [4.69, 9.17) is 10.5 Å². The summed E-state index contributed by atoms with van der Waals surface area (Å²) in [6.07, 6.45) is 6.02. The van der Waals surface area contributed by atoms with Crippen LogP contribution in [0.2, 0.25) is 13.1 Å². The zero-order valence-corrected chi connectivity index (χ0v) is 20.1. The van der Waals surface area contributed by atoms with Crippen LogP contribution in [0.3, 0.4) is 0 Å². The van der Waals surface area contributed by atoms with Gasteiger partial charge in [-0.1, -0.05) is 89.8 Å². The monoisotopic (exact) mass is 508 g/mol. The Hall–Kier alpha value is -2.10. The van der Waals surface area contributed by atoms with Crippen molar-refractivity contribution in [1.82, 2.24) is 0 Å². The minimum Gasteiger partial charge on any atom is -0.431 e. The molecule has 3 aromatic rings. The molecule has 0 bridgehead atoms. The van der Waals surface area contributed by atoms with Crippen molar-refractivity contribution in [1.29, 1.82) is 0 Å². The summed E-state index contributed by atoms with van der Waals surface area (Å²) in [5, 5.41) is 2.24. The highest BCUT2D eigenvalue weighted by Gasteiger charge is 2.41. The molecule has 0 aromatic heterocycles. The van der Waals surface area contributed by atoms with Crippen molar-refractivity contribution >= 4 is 49.6 Å². The number of benzene rings is 3. The van der Waals surface area contributed by atoms with Gasteiger partial charge in [0, 0.05) is 9.13 Å². The third-order valence-electron chi connectivity index (χ3n) is 4.64. The predicted molar refractivity (Wildman–Crippen MR) is 131 cm³/mol. The second-order valence-electron chi connectivity index (χ2n) is 6.77. The highest BCUT2D eigenvalue weighted by Crippen LogP contribution is 2.16. The molecule has 0 heterocycles. The molecule has 3 rings (SSSR count). The topological polar surface area (TPSA) is 9.23 Å². The van der Waals surface area contributed by atoms with Gasteiger partial charge in [0.15, 0.2) is 0 Å². The summed E-state index contributed by atoms with van der Waals surface area (Å²) in [5.41, 5.74) is 7.56. The average molecular weight is 509 g/mol. The summed E-state index contributed by atoms with van der Waals surface area (Å²) in [6, 6.07) is 28.6. The highest BCUT2D eigenvalue weighted by atomic mass is 127. The maximum absolute atomic E-state index is 6.87. The van der Waals surface area contributed by atoms with E-state index in [0.717, 1.165) is 19.5 Å². The summed E-state index contributed by atoms with van der Waals surface area (Å²) >= 11 is 2.32. The van der Waals surface area contributed by atoms with Gasteiger partial charge in [0.1, 0.15) is 0 Å². The lowest BCUT2D eigenvalue weighted by atomic mass is 10.2. The zero-order chi connectivity index (χ0) is 20.0. The van der Waals surface area contributed by atoms with Gasteiger partial charge in [-0.3, -0.25) is 0 Å². The number of terminal acetylenes is 1. The normalized spacial score (nSPS) is 14.6. The van der Waals surface area contributed by atoms with Gasteiger partial charge in [-0.05, 0) is 58.2 Å². The molecule has 0 aliphatic rings. The van der Waals surface area contributed by atoms with Gasteiger partial charge < -0.3 is 4.12 Å². The van der Waals surface area contributed by atoms with Crippen LogP contribution in [-0.4, -0.2) is 16.6 Å². The van der Waals surface area contributed by atoms with Crippen molar-refractivity contribution < 1.29 is 4.12 Å². The van der Waals surface area contributed by atoms with E-state index in [2.05, 4.69) is 83.0 Å². The van der Waals surface area contributed by atoms with Gasteiger partial charge >= 0.3 is 0 Å². The molecule has 0 spiro atoms. The fourth-order valence-electron chi connectivity index (χ4n) is 3.00. The van der Waals surface area contributed by atoms with E-state index in [0.29, 0.717) is 0 Å². The number of rotatable bonds is 4. The van der Waals surface area contributed by atoms with Crippen LogP contribution in [-0.2, 0) is 4.12 Å². The highest BCUT2D eigenvalue weighted by molar-refractivity contribution is 14.1. The first-order valence-electron chi connectivity index (χ1n) is 9.03. The summed E-state index contributed by atoms with van der Waals surface area (Å²) in [7, 11) is -5.20. The standard InChI is InChI=1S/C24H21IOSi2/c1-4-27(2,22-14-7-5-8-15-22)26-28(3,23-16-9-6-10-17-23)20-19-21-13-11-12-18-24(21)25/h1,5-18H,2-3H3. The molecular formula is C24H21IOSi2. The van der Waals surface area contributed by atoms with Crippen molar-refractivity contribution in [3.05, 3.63) is 94.1 Å². The number of halogens is 1. The summed E-state index contributed by atoms with van der Waals surface area (Å²) in [6.45, 7) is 4.24. The van der Waals surface area contributed by atoms with Gasteiger partial charge in [-0.15, -0.1) is 6.42 Å². The Kier molecular flexibility index (Phi) is 6.59. The first-order chi connectivity index (χ1) is 13.5. The summed E-state index contributed by atoms with van der Waals surface area (Å²) in [4.78, 5) is 0. The van der Waals surface area contributed by atoms with Crippen LogP contribution >= 0.6 is 22.6 Å². The Morgan fingerprint density at radius 2 is 1.25 bits per heavy atom. The molecule has 138 valence electrons. The zero-order valence-electron chi connectivity index (χ0n) is 15.9. The second kappa shape index (κ2) is 8.94. The Bertz CT molecular complexity index is 1050. The number of hydrogen-bond acceptors (Lipinski definition) is 1. The maximum atomic E-state index is 6.87. The lowest BCUT2D eigenvalue weighted by Gasteiger charge is -2.32. The van der Waals surface area contributed by atoms with Gasteiger partial charge in [0.2, 0.25) is 0 Å². The molecule has 0 fully saturated rings. The van der Waals surface area contributed by atoms with Crippen LogP contribution < -0.4 is 10.4 Å². The summed E-state index contributed by atoms with van der Waals surface area (Å²) < 4.78 is 8.01. The Balaban J connectivity index is 2.08. The minimum atomic E-state index is -2.62. The van der Waals surface area contributed by atoms with Crippen LogP contribution in [0.15, 0.2) is 84.9 Å². The Morgan fingerprint density at radius 1 is 0.750 bits per heavy atom. The summed E-state index contributed by atoms with van der Waals surface area (Å²) in [5.74, 6) is 3.38. The molecule has 0 amide bonds. The van der Waals surface area contributed by atoms with Crippen molar-refractivity contribution in [2.24, 2.45) is 0 Å². The van der Waals surface area contributed by atoms with Crippen molar-refractivity contribution in [3.63, 3.8) is 0 Å². The van der Waals surface area contributed by atoms with Crippen molar-refractivity contribution in [3.8, 4) is 23.4 Å². The fourth-order valence-corrected chi connectivity index (χ4v) is 10.5. The predicted octanol–water partition coefficient (Wildman–Crippen LogP) is 4.34. The lowest BCUT2D eigenvalue weighted by Crippen LogP contribution is -2.60. The SMILES string of the molecule is C#C[Si](C)(O[Si](C)(C#Cc1ccccc1I)c1ccccc1)c1ccccc1. The molecule has 0 aliphatic heterocycles. The molecule has 0 saturated heterocycles. The van der Waals surface area contributed by atoms with Crippen LogP contribution in [0.5, 0.6) is 0 Å². The Labute approximate surface area is 183 Å². The Morgan fingerprint density at radius 3 is 1.79 bits per heavy atom. The first kappa shape index (κ1) is 20.6. The van der Waals surface area contributed by atoms with Gasteiger partial charge in [0.05, 0.1) is 0 Å². The van der Waals surface area contributed by atoms with Gasteiger partial charge in [-0.25, -0.2) is 0 Å². The minimum absolute atomic E-state index is 1.02. The third kappa shape index (κ3) is 4.65. The van der Waals surface area contributed by atoms with E-state index >= 15 is 0 Å². The molecular weight excluding hydrogens is 487 g/mol. The van der Waals surface area contributed by atoms with Crippen LogP contribution in [0.25, 0.3) is 0 Å². The van der Waals surface area contributed by atoms with E-state index in [1.807, 2.05) is 54.6 Å². The van der Waals surface area contributed by atoms with Crippen LogP contribution in [0.1, 0.15) is 5.56 Å². The van der Waals surface area contributed by atoms with Crippen molar-refractivity contribution in [2.45, 2.75) is 13.1 Å². The van der Waals surface area contributed by atoms with Gasteiger partial charge in [-0.2, -0.15) is 0 Å². The molecule has 2 unspecified atom stereocenters. The van der Waals surface area contributed by atoms with E-state index in [1.54, 1.807) is 0 Å². The molecule has 2 atom stereocenters.